The molecule has 3 heteroatoms. The number of hydrogen-bond acceptors (Lipinski definition) is 2. The summed E-state index contributed by atoms with van der Waals surface area (Å²) in [7, 11) is 0. The van der Waals surface area contributed by atoms with Crippen LogP contribution in [0.25, 0.3) is 82.8 Å². The van der Waals surface area contributed by atoms with Gasteiger partial charge in [-0.15, -0.1) is 0 Å². The molecule has 0 N–H and O–H groups in total. The molecule has 0 spiro atoms. The van der Waals surface area contributed by atoms with Crippen molar-refractivity contribution >= 4 is 43.7 Å². The number of rotatable bonds is 3. The van der Waals surface area contributed by atoms with Gasteiger partial charge in [0.25, 0.3) is 0 Å². The maximum absolute atomic E-state index is 14.4. The molecule has 0 fully saturated rings. The molecule has 0 saturated carbocycles. The molecule has 49 heavy (non-hydrogen) atoms. The van der Waals surface area contributed by atoms with Gasteiger partial charge in [0.2, 0.25) is 5.43 Å². The first-order chi connectivity index (χ1) is 24.0. The normalized spacial score (nSPS) is 13.3. The summed E-state index contributed by atoms with van der Waals surface area (Å²) in [5.41, 5.74) is 13.4. The molecular formula is C46H31NO2. The second-order valence-electron chi connectivity index (χ2n) is 13.7. The molecule has 0 saturated heterocycles. The number of nitrogens with zero attached hydrogens (tertiary/aromatic N) is 1. The highest BCUT2D eigenvalue weighted by Gasteiger charge is 2.36. The van der Waals surface area contributed by atoms with Crippen molar-refractivity contribution in [2.24, 2.45) is 0 Å². The van der Waals surface area contributed by atoms with Gasteiger partial charge in [0.1, 0.15) is 11.2 Å². The lowest BCUT2D eigenvalue weighted by Crippen LogP contribution is -2.15. The van der Waals surface area contributed by atoms with Crippen molar-refractivity contribution in [2.75, 3.05) is 0 Å². The van der Waals surface area contributed by atoms with Gasteiger partial charge in [-0.2, -0.15) is 0 Å². The minimum Gasteiger partial charge on any atom is -0.456 e. The Bertz CT molecular complexity index is 2860. The van der Waals surface area contributed by atoms with E-state index in [2.05, 4.69) is 115 Å². The van der Waals surface area contributed by atoms with Crippen LogP contribution in [-0.4, -0.2) is 4.57 Å². The van der Waals surface area contributed by atoms with Crippen molar-refractivity contribution in [1.82, 2.24) is 4.57 Å². The van der Waals surface area contributed by atoms with Gasteiger partial charge >= 0.3 is 0 Å². The van der Waals surface area contributed by atoms with E-state index in [4.69, 9.17) is 4.42 Å². The van der Waals surface area contributed by atoms with Gasteiger partial charge in [0, 0.05) is 22.3 Å². The van der Waals surface area contributed by atoms with Gasteiger partial charge in [-0.3, -0.25) is 4.79 Å². The molecule has 7 aromatic carbocycles. The molecule has 3 nitrogen and oxygen atoms in total. The van der Waals surface area contributed by atoms with Crippen molar-refractivity contribution in [2.45, 2.75) is 19.3 Å². The Morgan fingerprint density at radius 3 is 2.02 bits per heavy atom. The van der Waals surface area contributed by atoms with Crippen molar-refractivity contribution in [3.63, 3.8) is 0 Å². The summed E-state index contributed by atoms with van der Waals surface area (Å²) in [4.78, 5) is 14.4. The predicted octanol–water partition coefficient (Wildman–Crippen LogP) is 11.7. The third-order valence-electron chi connectivity index (χ3n) is 10.6. The molecule has 0 unspecified atom stereocenters. The number of hydrogen-bond donors (Lipinski definition) is 0. The van der Waals surface area contributed by atoms with E-state index in [1.54, 1.807) is 0 Å². The van der Waals surface area contributed by atoms with E-state index >= 15 is 0 Å². The first kappa shape index (κ1) is 27.9. The maximum Gasteiger partial charge on any atom is 0.201 e. The summed E-state index contributed by atoms with van der Waals surface area (Å²) in [5.74, 6) is 0. The van der Waals surface area contributed by atoms with Gasteiger partial charge in [-0.05, 0) is 80.9 Å². The van der Waals surface area contributed by atoms with Crippen LogP contribution in [0.4, 0.5) is 0 Å². The Morgan fingerprint density at radius 2 is 1.20 bits per heavy atom. The minimum absolute atomic E-state index is 0.0270. The Hall–Kier alpha value is -6.19. The minimum atomic E-state index is -0.137. The summed E-state index contributed by atoms with van der Waals surface area (Å²) in [6.07, 6.45) is 0. The average Bonchev–Trinajstić information content (AvgIpc) is 3.59. The zero-order valence-corrected chi connectivity index (χ0v) is 27.2. The predicted molar refractivity (Wildman–Crippen MR) is 203 cm³/mol. The summed E-state index contributed by atoms with van der Waals surface area (Å²) in [6.45, 7) is 4.65. The zero-order valence-electron chi connectivity index (χ0n) is 27.2. The Balaban J connectivity index is 1.30. The molecule has 2 heterocycles. The van der Waals surface area contributed by atoms with Crippen LogP contribution in [0.1, 0.15) is 25.0 Å². The van der Waals surface area contributed by atoms with Gasteiger partial charge in [0.15, 0.2) is 0 Å². The molecule has 0 radical (unpaired) electrons. The molecule has 0 bridgehead atoms. The van der Waals surface area contributed by atoms with Crippen LogP contribution < -0.4 is 5.43 Å². The van der Waals surface area contributed by atoms with E-state index in [1.807, 2.05) is 54.6 Å². The van der Waals surface area contributed by atoms with E-state index in [0.29, 0.717) is 21.9 Å². The van der Waals surface area contributed by atoms with Crippen LogP contribution in [-0.2, 0) is 5.41 Å². The fourth-order valence-electron chi connectivity index (χ4n) is 8.19. The average molecular weight is 630 g/mol. The summed E-state index contributed by atoms with van der Waals surface area (Å²) in [6, 6.07) is 52.7. The molecule has 232 valence electrons. The highest BCUT2D eigenvalue weighted by atomic mass is 16.3. The lowest BCUT2D eigenvalue weighted by Gasteiger charge is -2.21. The summed E-state index contributed by atoms with van der Waals surface area (Å²) in [5, 5.41) is 3.56. The van der Waals surface area contributed by atoms with Crippen LogP contribution in [0.5, 0.6) is 0 Å². The summed E-state index contributed by atoms with van der Waals surface area (Å²) >= 11 is 0. The van der Waals surface area contributed by atoms with Crippen molar-refractivity contribution in [3.05, 3.63) is 173 Å². The molecule has 0 atom stereocenters. The van der Waals surface area contributed by atoms with E-state index < -0.39 is 0 Å². The second-order valence-corrected chi connectivity index (χ2v) is 13.7. The SMILES string of the molecule is CC1(C)c2ccccc2-c2cc3c4ccccc4n(-c4cc(-c5ccccc5)c5c(=O)c6ccc(-c7ccccc7)cc6oc5c4)c3cc21. The van der Waals surface area contributed by atoms with Gasteiger partial charge in [0.05, 0.1) is 27.5 Å². The van der Waals surface area contributed by atoms with E-state index in [0.717, 1.165) is 39.0 Å². The van der Waals surface area contributed by atoms with Crippen molar-refractivity contribution in [3.8, 4) is 39.1 Å². The topological polar surface area (TPSA) is 35.1 Å². The highest BCUT2D eigenvalue weighted by Crippen LogP contribution is 2.51. The number of para-hydroxylation sites is 1. The Labute approximate surface area is 283 Å². The first-order valence-electron chi connectivity index (χ1n) is 16.8. The van der Waals surface area contributed by atoms with Crippen molar-refractivity contribution in [1.29, 1.82) is 0 Å². The molecule has 2 aromatic heterocycles. The first-order valence-corrected chi connectivity index (χ1v) is 16.8. The standard InChI is InChI=1S/C46H31NO2/c1-46(2)38-19-11-9-17-32(38)36-26-37-33-18-10-12-20-40(33)47(41(37)27-39(36)46)31-24-35(29-15-7-4-8-16-29)44-43(25-31)49-42-23-30(21-22-34(42)45(44)48)28-13-5-3-6-14-28/h3-27H,1-2H3. The molecule has 10 rings (SSSR count). The van der Waals surface area contributed by atoms with Crippen LogP contribution >= 0.6 is 0 Å². The van der Waals surface area contributed by atoms with Gasteiger partial charge in [-0.1, -0.05) is 123 Å². The Kier molecular flexibility index (Phi) is 5.78. The second kappa shape index (κ2) is 10.2. The largest absolute Gasteiger partial charge is 0.456 e. The molecule has 0 amide bonds. The van der Waals surface area contributed by atoms with Gasteiger partial charge in [-0.25, -0.2) is 0 Å². The fraction of sp³-hybridized carbons (Fsp3) is 0.0652. The third-order valence-corrected chi connectivity index (χ3v) is 10.6. The Morgan fingerprint density at radius 1 is 0.490 bits per heavy atom. The lowest BCUT2D eigenvalue weighted by molar-refractivity contribution is 0.659. The summed E-state index contributed by atoms with van der Waals surface area (Å²) < 4.78 is 9.10. The molecule has 1 aliphatic rings. The lowest BCUT2D eigenvalue weighted by atomic mass is 9.82. The van der Waals surface area contributed by atoms with Crippen LogP contribution in [0, 0.1) is 0 Å². The van der Waals surface area contributed by atoms with Crippen LogP contribution in [0.15, 0.2) is 161 Å². The van der Waals surface area contributed by atoms with Crippen LogP contribution in [0.3, 0.4) is 0 Å². The fourth-order valence-corrected chi connectivity index (χ4v) is 8.19. The van der Waals surface area contributed by atoms with E-state index in [9.17, 15) is 4.79 Å². The van der Waals surface area contributed by atoms with Crippen LogP contribution in [0.2, 0.25) is 0 Å². The van der Waals surface area contributed by atoms with Gasteiger partial charge < -0.3 is 8.98 Å². The quantitative estimate of drug-likeness (QED) is 0.182. The zero-order chi connectivity index (χ0) is 32.9. The van der Waals surface area contributed by atoms with E-state index in [-0.39, 0.29) is 10.8 Å². The van der Waals surface area contributed by atoms with E-state index in [1.165, 1.54) is 33.0 Å². The third kappa shape index (κ3) is 3.99. The molecular weight excluding hydrogens is 599 g/mol. The molecule has 0 aliphatic heterocycles. The number of aromatic nitrogens is 1. The van der Waals surface area contributed by atoms with Crippen molar-refractivity contribution < 1.29 is 4.42 Å². The smallest absolute Gasteiger partial charge is 0.201 e. The number of benzene rings is 7. The molecule has 1 aliphatic carbocycles. The monoisotopic (exact) mass is 629 g/mol. The number of fused-ring (bicyclic) bond motifs is 8. The maximum atomic E-state index is 14.4. The highest BCUT2D eigenvalue weighted by molar-refractivity contribution is 6.12. The molecule has 9 aromatic rings.